The lowest BCUT2D eigenvalue weighted by atomic mass is 10.1. The van der Waals surface area contributed by atoms with E-state index in [2.05, 4.69) is 4.98 Å². The van der Waals surface area contributed by atoms with Crippen LogP contribution in [0.25, 0.3) is 16.9 Å². The van der Waals surface area contributed by atoms with E-state index < -0.39 is 9.84 Å². The minimum Gasteiger partial charge on any atom is -0.297 e. The molecule has 0 unspecified atom stereocenters. The first kappa shape index (κ1) is 15.7. The average molecular weight is 351 g/mol. The molecule has 23 heavy (non-hydrogen) atoms. The van der Waals surface area contributed by atoms with Crippen molar-refractivity contribution in [3.63, 3.8) is 0 Å². The van der Waals surface area contributed by atoms with Crippen molar-refractivity contribution in [2.45, 2.75) is 4.90 Å². The first-order valence-corrected chi connectivity index (χ1v) is 8.92. The van der Waals surface area contributed by atoms with E-state index in [9.17, 15) is 12.8 Å². The molecule has 0 aliphatic rings. The third-order valence-corrected chi connectivity index (χ3v) is 4.77. The zero-order chi connectivity index (χ0) is 16.6. The second-order valence-corrected chi connectivity index (χ2v) is 7.40. The Hall–Kier alpha value is -2.18. The maximum Gasteiger partial charge on any atom is 0.175 e. The van der Waals surface area contributed by atoms with Gasteiger partial charge in [0.2, 0.25) is 0 Å². The van der Waals surface area contributed by atoms with Crippen LogP contribution in [0.5, 0.6) is 0 Å². The summed E-state index contributed by atoms with van der Waals surface area (Å²) in [7, 11) is -3.27. The predicted octanol–water partition coefficient (Wildman–Crippen LogP) is 3.74. The summed E-state index contributed by atoms with van der Waals surface area (Å²) >= 11 is 6.14. The molecule has 3 aromatic rings. The second-order valence-electron chi connectivity index (χ2n) is 5.03. The lowest BCUT2D eigenvalue weighted by Gasteiger charge is -2.09. The first-order valence-electron chi connectivity index (χ1n) is 6.65. The van der Waals surface area contributed by atoms with Gasteiger partial charge in [-0.2, -0.15) is 0 Å². The number of hydrogen-bond donors (Lipinski definition) is 0. The SMILES string of the molecule is CS(=O)(=O)c1ccc(-n2cnc(Cl)c2-c2cccc(F)c2)cc1. The highest BCUT2D eigenvalue weighted by Gasteiger charge is 2.14. The van der Waals surface area contributed by atoms with Gasteiger partial charge in [0.25, 0.3) is 0 Å². The third kappa shape index (κ3) is 3.13. The maximum absolute atomic E-state index is 13.5. The average Bonchev–Trinajstić information content (AvgIpc) is 2.88. The van der Waals surface area contributed by atoms with Crippen molar-refractivity contribution in [2.75, 3.05) is 6.26 Å². The number of rotatable bonds is 3. The maximum atomic E-state index is 13.5. The van der Waals surface area contributed by atoms with Crippen LogP contribution in [0, 0.1) is 5.82 Å². The van der Waals surface area contributed by atoms with Gasteiger partial charge in [-0.1, -0.05) is 23.7 Å². The molecular formula is C16H12ClFN2O2S. The highest BCUT2D eigenvalue weighted by atomic mass is 35.5. The number of imidazole rings is 1. The van der Waals surface area contributed by atoms with E-state index in [1.165, 1.54) is 30.6 Å². The number of sulfone groups is 1. The number of benzene rings is 2. The topological polar surface area (TPSA) is 52.0 Å². The van der Waals surface area contributed by atoms with Gasteiger partial charge in [0.15, 0.2) is 15.0 Å². The number of halogens is 2. The highest BCUT2D eigenvalue weighted by molar-refractivity contribution is 7.90. The molecule has 0 aliphatic carbocycles. The van der Waals surface area contributed by atoms with Crippen LogP contribution in [0.4, 0.5) is 4.39 Å². The summed E-state index contributed by atoms with van der Waals surface area (Å²) in [6.07, 6.45) is 2.66. The molecule has 1 aromatic heterocycles. The summed E-state index contributed by atoms with van der Waals surface area (Å²) in [4.78, 5) is 4.28. The van der Waals surface area contributed by atoms with E-state index in [4.69, 9.17) is 11.6 Å². The molecule has 7 heteroatoms. The second kappa shape index (κ2) is 5.79. The number of nitrogens with zero attached hydrogens (tertiary/aromatic N) is 2. The van der Waals surface area contributed by atoms with Gasteiger partial charge >= 0.3 is 0 Å². The molecule has 0 saturated carbocycles. The van der Waals surface area contributed by atoms with Crippen molar-refractivity contribution in [2.24, 2.45) is 0 Å². The first-order chi connectivity index (χ1) is 10.9. The molecule has 0 saturated heterocycles. The van der Waals surface area contributed by atoms with E-state index in [-0.39, 0.29) is 15.9 Å². The van der Waals surface area contributed by atoms with Crippen LogP contribution in [0.2, 0.25) is 5.15 Å². The Morgan fingerprint density at radius 1 is 1.13 bits per heavy atom. The smallest absolute Gasteiger partial charge is 0.175 e. The molecule has 118 valence electrons. The fraction of sp³-hybridized carbons (Fsp3) is 0.0625. The molecule has 0 aliphatic heterocycles. The Bertz CT molecular complexity index is 966. The van der Waals surface area contributed by atoms with Crippen LogP contribution in [-0.4, -0.2) is 24.2 Å². The normalized spacial score (nSPS) is 11.6. The summed E-state index contributed by atoms with van der Waals surface area (Å²) < 4.78 is 38.2. The van der Waals surface area contributed by atoms with E-state index in [1.807, 2.05) is 0 Å². The van der Waals surface area contributed by atoms with Gasteiger partial charge in [-0.3, -0.25) is 4.57 Å². The number of aromatic nitrogens is 2. The van der Waals surface area contributed by atoms with Crippen LogP contribution in [0.1, 0.15) is 0 Å². The Kier molecular flexibility index (Phi) is 3.95. The van der Waals surface area contributed by atoms with E-state index >= 15 is 0 Å². The molecular weight excluding hydrogens is 339 g/mol. The zero-order valence-electron chi connectivity index (χ0n) is 12.1. The predicted molar refractivity (Wildman–Crippen MR) is 87.1 cm³/mol. The minimum atomic E-state index is -3.27. The van der Waals surface area contributed by atoms with Gasteiger partial charge in [-0.25, -0.2) is 17.8 Å². The molecule has 4 nitrogen and oxygen atoms in total. The summed E-state index contributed by atoms with van der Waals surface area (Å²) in [6.45, 7) is 0. The van der Waals surface area contributed by atoms with Crippen molar-refractivity contribution in [3.8, 4) is 16.9 Å². The lowest BCUT2D eigenvalue weighted by Crippen LogP contribution is -1.99. The Morgan fingerprint density at radius 3 is 2.43 bits per heavy atom. The molecule has 0 atom stereocenters. The quantitative estimate of drug-likeness (QED) is 0.723. The van der Waals surface area contributed by atoms with Crippen LogP contribution in [-0.2, 0) is 9.84 Å². The van der Waals surface area contributed by atoms with Crippen molar-refractivity contribution in [1.29, 1.82) is 0 Å². The fourth-order valence-electron chi connectivity index (χ4n) is 2.27. The van der Waals surface area contributed by atoms with Crippen LogP contribution in [0.3, 0.4) is 0 Å². The van der Waals surface area contributed by atoms with Gasteiger partial charge in [0, 0.05) is 17.5 Å². The zero-order valence-corrected chi connectivity index (χ0v) is 13.6. The van der Waals surface area contributed by atoms with Crippen LogP contribution in [0.15, 0.2) is 59.8 Å². The van der Waals surface area contributed by atoms with E-state index in [1.54, 1.807) is 28.8 Å². The van der Waals surface area contributed by atoms with Crippen LogP contribution >= 0.6 is 11.6 Å². The van der Waals surface area contributed by atoms with Crippen molar-refractivity contribution in [1.82, 2.24) is 9.55 Å². The van der Waals surface area contributed by atoms with E-state index in [0.29, 0.717) is 16.9 Å². The minimum absolute atomic E-state index is 0.222. The standard InChI is InChI=1S/C16H12ClFN2O2S/c1-23(21,22)14-7-5-13(6-8-14)20-10-19-16(17)15(20)11-3-2-4-12(18)9-11/h2-10H,1H3. The van der Waals surface area contributed by atoms with Gasteiger partial charge in [0.1, 0.15) is 12.1 Å². The third-order valence-electron chi connectivity index (χ3n) is 3.36. The van der Waals surface area contributed by atoms with Gasteiger partial charge in [-0.15, -0.1) is 0 Å². The van der Waals surface area contributed by atoms with Crippen molar-refractivity contribution >= 4 is 21.4 Å². The largest absolute Gasteiger partial charge is 0.297 e. The van der Waals surface area contributed by atoms with Gasteiger partial charge < -0.3 is 0 Å². The molecule has 0 radical (unpaired) electrons. The highest BCUT2D eigenvalue weighted by Crippen LogP contribution is 2.30. The Balaban J connectivity index is 2.12. The summed E-state index contributed by atoms with van der Waals surface area (Å²) in [6, 6.07) is 12.3. The van der Waals surface area contributed by atoms with Crippen molar-refractivity contribution in [3.05, 3.63) is 65.8 Å². The molecule has 0 bridgehead atoms. The monoisotopic (exact) mass is 350 g/mol. The summed E-state index contributed by atoms with van der Waals surface area (Å²) in [5.74, 6) is -0.376. The molecule has 1 heterocycles. The molecule has 3 rings (SSSR count). The molecule has 0 N–H and O–H groups in total. The van der Waals surface area contributed by atoms with Crippen molar-refractivity contribution < 1.29 is 12.8 Å². The molecule has 0 spiro atoms. The van der Waals surface area contributed by atoms with Gasteiger partial charge in [0.05, 0.1) is 10.6 Å². The summed E-state index contributed by atoms with van der Waals surface area (Å²) in [5, 5.41) is 0.239. The lowest BCUT2D eigenvalue weighted by molar-refractivity contribution is 0.602. The van der Waals surface area contributed by atoms with Gasteiger partial charge in [-0.05, 0) is 36.4 Å². The molecule has 0 amide bonds. The summed E-state index contributed by atoms with van der Waals surface area (Å²) in [5.41, 5.74) is 1.80. The fourth-order valence-corrected chi connectivity index (χ4v) is 3.14. The Labute approximate surface area is 138 Å². The van der Waals surface area contributed by atoms with Crippen LogP contribution < -0.4 is 0 Å². The number of hydrogen-bond acceptors (Lipinski definition) is 3. The van der Waals surface area contributed by atoms with E-state index in [0.717, 1.165) is 6.26 Å². The Morgan fingerprint density at radius 2 is 1.83 bits per heavy atom. The molecule has 2 aromatic carbocycles. The molecule has 0 fully saturated rings.